The van der Waals surface area contributed by atoms with E-state index in [1.54, 1.807) is 6.26 Å². The van der Waals surface area contributed by atoms with Crippen LogP contribution in [0.2, 0.25) is 0 Å². The van der Waals surface area contributed by atoms with Gasteiger partial charge in [0.15, 0.2) is 0 Å². The Hall–Kier alpha value is -1.58. The van der Waals surface area contributed by atoms with Crippen molar-refractivity contribution in [1.82, 2.24) is 5.32 Å². The van der Waals surface area contributed by atoms with E-state index in [9.17, 15) is 0 Å². The fourth-order valence-electron chi connectivity index (χ4n) is 1.98. The molecule has 0 unspecified atom stereocenters. The molecule has 0 radical (unpaired) electrons. The monoisotopic (exact) mass is 273 g/mol. The van der Waals surface area contributed by atoms with Crippen LogP contribution in [0, 0.1) is 5.92 Å². The van der Waals surface area contributed by atoms with Crippen molar-refractivity contribution in [3.63, 3.8) is 0 Å². The predicted octanol–water partition coefficient (Wildman–Crippen LogP) is 3.74. The number of furan rings is 1. The molecule has 1 N–H and O–H groups in total. The minimum Gasteiger partial charge on any atom is -0.467 e. The average Bonchev–Trinajstić information content (AvgIpc) is 2.87. The van der Waals surface area contributed by atoms with Gasteiger partial charge < -0.3 is 14.5 Å². The van der Waals surface area contributed by atoms with Gasteiger partial charge in [-0.05, 0) is 24.1 Å². The minimum atomic E-state index is 0.514. The van der Waals surface area contributed by atoms with Crippen molar-refractivity contribution in [1.29, 1.82) is 0 Å². The number of nitrogens with one attached hydrogen (secondary N) is 1. The van der Waals surface area contributed by atoms with E-state index in [1.807, 2.05) is 24.3 Å². The summed E-state index contributed by atoms with van der Waals surface area (Å²) in [5, 5.41) is 3.42. The summed E-state index contributed by atoms with van der Waals surface area (Å²) in [6.45, 7) is 7.37. The Morgan fingerprint density at radius 2 is 1.90 bits per heavy atom. The Balaban J connectivity index is 1.77. The van der Waals surface area contributed by atoms with Crippen LogP contribution in [-0.4, -0.2) is 6.54 Å². The summed E-state index contributed by atoms with van der Waals surface area (Å²) in [6.07, 6.45) is 1.73. The second-order valence-corrected chi connectivity index (χ2v) is 5.37. The van der Waals surface area contributed by atoms with Gasteiger partial charge in [-0.2, -0.15) is 0 Å². The molecule has 0 saturated carbocycles. The topological polar surface area (TPSA) is 34.4 Å². The minimum absolute atomic E-state index is 0.514. The van der Waals surface area contributed by atoms with Gasteiger partial charge in [0, 0.05) is 12.1 Å². The van der Waals surface area contributed by atoms with E-state index >= 15 is 0 Å². The van der Waals surface area contributed by atoms with Crippen molar-refractivity contribution in [2.45, 2.75) is 33.6 Å². The molecule has 0 saturated heterocycles. The fourth-order valence-corrected chi connectivity index (χ4v) is 1.98. The lowest BCUT2D eigenvalue weighted by Gasteiger charge is -2.08. The molecule has 0 amide bonds. The van der Waals surface area contributed by atoms with Crippen LogP contribution in [0.15, 0.2) is 47.1 Å². The zero-order valence-corrected chi connectivity index (χ0v) is 12.3. The Bertz CT molecular complexity index is 491. The van der Waals surface area contributed by atoms with E-state index in [1.165, 1.54) is 11.1 Å². The number of benzene rings is 1. The van der Waals surface area contributed by atoms with Crippen LogP contribution in [0.5, 0.6) is 0 Å². The molecule has 3 nitrogen and oxygen atoms in total. The highest BCUT2D eigenvalue weighted by atomic mass is 16.5. The van der Waals surface area contributed by atoms with E-state index in [0.29, 0.717) is 19.1 Å². The van der Waals surface area contributed by atoms with Gasteiger partial charge in [0.2, 0.25) is 0 Å². The van der Waals surface area contributed by atoms with E-state index in [0.717, 1.165) is 18.8 Å². The smallest absolute Gasteiger partial charge is 0.133 e. The van der Waals surface area contributed by atoms with E-state index in [-0.39, 0.29) is 0 Å². The van der Waals surface area contributed by atoms with Gasteiger partial charge in [-0.1, -0.05) is 44.2 Å². The highest BCUT2D eigenvalue weighted by molar-refractivity contribution is 5.16. The fraction of sp³-hybridized carbons (Fsp3) is 0.412. The molecule has 108 valence electrons. The lowest BCUT2D eigenvalue weighted by molar-refractivity contribution is 0.0921. The molecular weight excluding hydrogens is 250 g/mol. The zero-order chi connectivity index (χ0) is 14.2. The third-order valence-corrected chi connectivity index (χ3v) is 3.05. The first-order valence-corrected chi connectivity index (χ1v) is 7.13. The van der Waals surface area contributed by atoms with Crippen molar-refractivity contribution in [2.24, 2.45) is 5.92 Å². The maximum atomic E-state index is 5.71. The highest BCUT2D eigenvalue weighted by Crippen LogP contribution is 2.13. The van der Waals surface area contributed by atoms with Crippen LogP contribution < -0.4 is 5.32 Å². The van der Waals surface area contributed by atoms with Gasteiger partial charge in [0.25, 0.3) is 0 Å². The summed E-state index contributed by atoms with van der Waals surface area (Å²) >= 11 is 0. The van der Waals surface area contributed by atoms with Crippen molar-refractivity contribution in [3.8, 4) is 0 Å². The largest absolute Gasteiger partial charge is 0.467 e. The molecule has 0 bridgehead atoms. The lowest BCUT2D eigenvalue weighted by atomic mass is 10.2. The summed E-state index contributed by atoms with van der Waals surface area (Å²) < 4.78 is 11.2. The Labute approximate surface area is 121 Å². The molecule has 0 atom stereocenters. The zero-order valence-electron chi connectivity index (χ0n) is 12.3. The summed E-state index contributed by atoms with van der Waals surface area (Å²) in [5.74, 6) is 1.57. The van der Waals surface area contributed by atoms with Gasteiger partial charge >= 0.3 is 0 Å². The Morgan fingerprint density at radius 1 is 1.10 bits per heavy atom. The SMILES string of the molecule is CC(C)CNCc1ccoc1COCc1ccccc1. The second-order valence-electron chi connectivity index (χ2n) is 5.37. The molecule has 0 fully saturated rings. The summed E-state index contributed by atoms with van der Waals surface area (Å²) in [4.78, 5) is 0. The molecule has 2 aromatic rings. The van der Waals surface area contributed by atoms with E-state index in [2.05, 4.69) is 31.3 Å². The average molecular weight is 273 g/mol. The van der Waals surface area contributed by atoms with Crippen LogP contribution in [0.3, 0.4) is 0 Å². The van der Waals surface area contributed by atoms with Crippen LogP contribution in [0.25, 0.3) is 0 Å². The van der Waals surface area contributed by atoms with Crippen LogP contribution >= 0.6 is 0 Å². The Morgan fingerprint density at radius 3 is 2.65 bits per heavy atom. The third-order valence-electron chi connectivity index (χ3n) is 3.05. The summed E-state index contributed by atoms with van der Waals surface area (Å²) in [6, 6.07) is 12.2. The van der Waals surface area contributed by atoms with Crippen molar-refractivity contribution in [2.75, 3.05) is 6.54 Å². The van der Waals surface area contributed by atoms with Crippen LogP contribution in [0.4, 0.5) is 0 Å². The molecule has 0 spiro atoms. The number of ether oxygens (including phenoxy) is 1. The van der Waals surface area contributed by atoms with Gasteiger partial charge in [-0.25, -0.2) is 0 Å². The van der Waals surface area contributed by atoms with Gasteiger partial charge in [0.05, 0.1) is 12.9 Å². The predicted molar refractivity (Wildman–Crippen MR) is 80.2 cm³/mol. The first kappa shape index (κ1) is 14.8. The van der Waals surface area contributed by atoms with Crippen LogP contribution in [0.1, 0.15) is 30.7 Å². The second kappa shape index (κ2) is 7.88. The summed E-state index contributed by atoms with van der Waals surface area (Å²) in [5.41, 5.74) is 2.36. The van der Waals surface area contributed by atoms with Crippen molar-refractivity contribution in [3.05, 3.63) is 59.5 Å². The molecule has 0 aliphatic carbocycles. The van der Waals surface area contributed by atoms with E-state index in [4.69, 9.17) is 9.15 Å². The number of rotatable bonds is 8. The van der Waals surface area contributed by atoms with Gasteiger partial charge in [-0.15, -0.1) is 0 Å². The number of hydrogen-bond donors (Lipinski definition) is 1. The van der Waals surface area contributed by atoms with Gasteiger partial charge in [-0.3, -0.25) is 0 Å². The standard InChI is InChI=1S/C17H23NO2/c1-14(2)10-18-11-16-8-9-20-17(16)13-19-12-15-6-4-3-5-7-15/h3-9,14,18H,10-13H2,1-2H3. The molecule has 1 aromatic carbocycles. The molecular formula is C17H23NO2. The normalized spacial score (nSPS) is 11.2. The lowest BCUT2D eigenvalue weighted by Crippen LogP contribution is -2.19. The van der Waals surface area contributed by atoms with Crippen LogP contribution in [-0.2, 0) is 24.5 Å². The molecule has 0 aliphatic heterocycles. The molecule has 20 heavy (non-hydrogen) atoms. The van der Waals surface area contributed by atoms with Crippen molar-refractivity contribution < 1.29 is 9.15 Å². The molecule has 3 heteroatoms. The molecule has 1 aromatic heterocycles. The number of hydrogen-bond acceptors (Lipinski definition) is 3. The van der Waals surface area contributed by atoms with Gasteiger partial charge in [0.1, 0.15) is 12.4 Å². The maximum absolute atomic E-state index is 5.71. The maximum Gasteiger partial charge on any atom is 0.133 e. The third kappa shape index (κ3) is 4.83. The first-order valence-electron chi connectivity index (χ1n) is 7.13. The first-order chi connectivity index (χ1) is 9.75. The molecule has 1 heterocycles. The van der Waals surface area contributed by atoms with E-state index < -0.39 is 0 Å². The quantitative estimate of drug-likeness (QED) is 0.795. The molecule has 0 aliphatic rings. The highest BCUT2D eigenvalue weighted by Gasteiger charge is 2.06. The van der Waals surface area contributed by atoms with Crippen molar-refractivity contribution >= 4 is 0 Å². The molecule has 2 rings (SSSR count). The summed E-state index contributed by atoms with van der Waals surface area (Å²) in [7, 11) is 0. The Kier molecular flexibility index (Phi) is 5.84.